The Hall–Kier alpha value is 0.130. The van der Waals surface area contributed by atoms with E-state index in [0.717, 1.165) is 0 Å². The first-order chi connectivity index (χ1) is 4.77. The van der Waals surface area contributed by atoms with Crippen LogP contribution in [0.25, 0.3) is 0 Å². The molecule has 5 heteroatoms. The average Bonchev–Trinajstić information content (AvgIpc) is 1.87. The van der Waals surface area contributed by atoms with Gasteiger partial charge >= 0.3 is 5.97 Å². The van der Waals surface area contributed by atoms with Crippen LogP contribution in [0, 0.1) is 0 Å². The molecule has 0 amide bonds. The zero-order valence-electron chi connectivity index (χ0n) is 5.45. The van der Waals surface area contributed by atoms with Crippen LogP contribution in [-0.2, 0) is 4.79 Å². The van der Waals surface area contributed by atoms with Crippen molar-refractivity contribution in [3.8, 4) is 0 Å². The quantitative estimate of drug-likeness (QED) is 0.471. The molecule has 0 heterocycles. The normalized spacial score (nSPS) is 9.70. The summed E-state index contributed by atoms with van der Waals surface area (Å²) in [6.07, 6.45) is 0.198. The molecule has 0 aromatic rings. The monoisotopic (exact) mass is 182 g/mol. The van der Waals surface area contributed by atoms with Crippen LogP contribution < -0.4 is 0 Å². The van der Waals surface area contributed by atoms with E-state index in [0.29, 0.717) is 11.5 Å². The molecule has 0 spiro atoms. The van der Waals surface area contributed by atoms with Gasteiger partial charge in [-0.2, -0.15) is 0 Å². The molecule has 0 rings (SSSR count). The summed E-state index contributed by atoms with van der Waals surface area (Å²) in [5.41, 5.74) is 0. The van der Waals surface area contributed by atoms with Gasteiger partial charge < -0.3 is 10.2 Å². The highest BCUT2D eigenvalue weighted by atomic mass is 33.1. The predicted molar refractivity (Wildman–Crippen MR) is 44.3 cm³/mol. The van der Waals surface area contributed by atoms with Crippen molar-refractivity contribution in [2.75, 3.05) is 18.1 Å². The number of hydrogen-bond acceptors (Lipinski definition) is 4. The Balaban J connectivity index is 2.84. The van der Waals surface area contributed by atoms with Crippen molar-refractivity contribution >= 4 is 27.6 Å². The second kappa shape index (κ2) is 7.24. The van der Waals surface area contributed by atoms with Crippen LogP contribution in [0.1, 0.15) is 6.42 Å². The highest BCUT2D eigenvalue weighted by Gasteiger charge is 1.95. The number of carboxylic acid groups (broad SMARTS) is 1. The lowest BCUT2D eigenvalue weighted by Gasteiger charge is -1.94. The molecule has 0 radical (unpaired) electrons. The molecular formula is C5H10O3S2. The van der Waals surface area contributed by atoms with Gasteiger partial charge in [-0.1, -0.05) is 21.6 Å². The van der Waals surface area contributed by atoms with E-state index in [1.54, 1.807) is 0 Å². The Kier molecular flexibility index (Phi) is 7.33. The van der Waals surface area contributed by atoms with Crippen LogP contribution in [0.15, 0.2) is 0 Å². The minimum Gasteiger partial charge on any atom is -0.481 e. The van der Waals surface area contributed by atoms with Gasteiger partial charge in [-0.3, -0.25) is 4.79 Å². The summed E-state index contributed by atoms with van der Waals surface area (Å²) in [6, 6.07) is 0. The van der Waals surface area contributed by atoms with Gasteiger partial charge in [-0.15, -0.1) is 0 Å². The smallest absolute Gasteiger partial charge is 0.304 e. The molecule has 3 nitrogen and oxygen atoms in total. The molecule has 10 heavy (non-hydrogen) atoms. The van der Waals surface area contributed by atoms with Crippen molar-refractivity contribution in [2.45, 2.75) is 6.42 Å². The highest BCUT2D eigenvalue weighted by Crippen LogP contribution is 2.20. The number of aliphatic carboxylic acids is 1. The second-order valence-corrected chi connectivity index (χ2v) is 4.21. The summed E-state index contributed by atoms with van der Waals surface area (Å²) in [5.74, 6) is 0.515. The van der Waals surface area contributed by atoms with Crippen LogP contribution in [0.2, 0.25) is 0 Å². The summed E-state index contributed by atoms with van der Waals surface area (Å²) in [5, 5.41) is 16.5. The van der Waals surface area contributed by atoms with E-state index in [-0.39, 0.29) is 13.0 Å². The lowest BCUT2D eigenvalue weighted by molar-refractivity contribution is -0.136. The third-order valence-corrected chi connectivity index (χ3v) is 3.04. The molecule has 0 saturated carbocycles. The van der Waals surface area contributed by atoms with Gasteiger partial charge in [0.2, 0.25) is 0 Å². The van der Waals surface area contributed by atoms with E-state index >= 15 is 0 Å². The zero-order chi connectivity index (χ0) is 7.82. The van der Waals surface area contributed by atoms with E-state index in [2.05, 4.69) is 0 Å². The topological polar surface area (TPSA) is 57.5 Å². The van der Waals surface area contributed by atoms with Crippen molar-refractivity contribution in [3.05, 3.63) is 0 Å². The first kappa shape index (κ1) is 10.1. The Morgan fingerprint density at radius 3 is 2.40 bits per heavy atom. The molecular weight excluding hydrogens is 172 g/mol. The Morgan fingerprint density at radius 1 is 1.30 bits per heavy atom. The lowest BCUT2D eigenvalue weighted by atomic mass is 10.5. The number of rotatable bonds is 6. The van der Waals surface area contributed by atoms with E-state index in [9.17, 15) is 4.79 Å². The van der Waals surface area contributed by atoms with Crippen molar-refractivity contribution in [2.24, 2.45) is 0 Å². The molecule has 0 atom stereocenters. The number of hydrogen-bond donors (Lipinski definition) is 2. The van der Waals surface area contributed by atoms with Crippen molar-refractivity contribution in [1.29, 1.82) is 0 Å². The third kappa shape index (κ3) is 8.13. The average molecular weight is 182 g/mol. The third-order valence-electron chi connectivity index (χ3n) is 0.657. The number of aliphatic hydroxyl groups is 1. The van der Waals surface area contributed by atoms with E-state index in [1.807, 2.05) is 0 Å². The van der Waals surface area contributed by atoms with Crippen molar-refractivity contribution < 1.29 is 15.0 Å². The van der Waals surface area contributed by atoms with Crippen LogP contribution in [0.3, 0.4) is 0 Å². The van der Waals surface area contributed by atoms with Gasteiger partial charge in [0.05, 0.1) is 13.0 Å². The number of carboxylic acids is 1. The minimum absolute atomic E-state index is 0.157. The molecule has 0 aliphatic rings. The highest BCUT2D eigenvalue weighted by molar-refractivity contribution is 8.76. The fourth-order valence-corrected chi connectivity index (χ4v) is 2.03. The standard InChI is InChI=1S/C5H10O3S2/c6-2-4-10-9-3-1-5(7)8/h6H,1-4H2,(H,7,8). The SMILES string of the molecule is O=C(O)CCSSCCO. The van der Waals surface area contributed by atoms with Gasteiger partial charge in [0, 0.05) is 11.5 Å². The second-order valence-electron chi connectivity index (χ2n) is 1.51. The van der Waals surface area contributed by atoms with Gasteiger partial charge in [-0.05, 0) is 0 Å². The van der Waals surface area contributed by atoms with Crippen LogP contribution in [-0.4, -0.2) is 34.3 Å². The summed E-state index contributed by atoms with van der Waals surface area (Å²) in [7, 11) is 2.98. The van der Waals surface area contributed by atoms with Crippen LogP contribution in [0.4, 0.5) is 0 Å². The summed E-state index contributed by atoms with van der Waals surface area (Å²) in [4.78, 5) is 9.96. The first-order valence-electron chi connectivity index (χ1n) is 2.84. The minimum atomic E-state index is -0.767. The fourth-order valence-electron chi connectivity index (χ4n) is 0.284. The molecule has 0 saturated heterocycles. The van der Waals surface area contributed by atoms with E-state index in [1.165, 1.54) is 21.6 Å². The Morgan fingerprint density at radius 2 is 1.90 bits per heavy atom. The predicted octanol–water partition coefficient (Wildman–Crippen LogP) is 0.835. The van der Waals surface area contributed by atoms with Crippen LogP contribution >= 0.6 is 21.6 Å². The molecule has 60 valence electrons. The van der Waals surface area contributed by atoms with Gasteiger partial charge in [0.1, 0.15) is 0 Å². The van der Waals surface area contributed by atoms with E-state index < -0.39 is 5.97 Å². The van der Waals surface area contributed by atoms with Crippen molar-refractivity contribution in [1.82, 2.24) is 0 Å². The molecule has 2 N–H and O–H groups in total. The first-order valence-corrected chi connectivity index (χ1v) is 5.33. The van der Waals surface area contributed by atoms with Crippen LogP contribution in [0.5, 0.6) is 0 Å². The Bertz CT molecular complexity index is 96.9. The number of aliphatic hydroxyl groups excluding tert-OH is 1. The molecule has 0 unspecified atom stereocenters. The molecule has 0 fully saturated rings. The molecule has 0 bridgehead atoms. The maximum Gasteiger partial charge on any atom is 0.304 e. The molecule has 0 aliphatic heterocycles. The maximum absolute atomic E-state index is 9.96. The largest absolute Gasteiger partial charge is 0.481 e. The zero-order valence-corrected chi connectivity index (χ0v) is 7.08. The molecule has 0 aromatic heterocycles. The fraction of sp³-hybridized carbons (Fsp3) is 0.800. The van der Waals surface area contributed by atoms with Gasteiger partial charge in [-0.25, -0.2) is 0 Å². The van der Waals surface area contributed by atoms with Gasteiger partial charge in [0.25, 0.3) is 0 Å². The molecule has 0 aliphatic carbocycles. The maximum atomic E-state index is 9.96. The summed E-state index contributed by atoms with van der Waals surface area (Å²) < 4.78 is 0. The van der Waals surface area contributed by atoms with Gasteiger partial charge in [0.15, 0.2) is 0 Å². The molecule has 0 aromatic carbocycles. The number of carbonyl (C=O) groups is 1. The van der Waals surface area contributed by atoms with Crippen molar-refractivity contribution in [3.63, 3.8) is 0 Å². The Labute approximate surface area is 67.6 Å². The lowest BCUT2D eigenvalue weighted by Crippen LogP contribution is -1.95. The van der Waals surface area contributed by atoms with E-state index in [4.69, 9.17) is 10.2 Å². The summed E-state index contributed by atoms with van der Waals surface area (Å²) >= 11 is 0. The summed E-state index contributed by atoms with van der Waals surface area (Å²) in [6.45, 7) is 0.157.